The zero-order valence-electron chi connectivity index (χ0n) is 12.6. The van der Waals surface area contributed by atoms with Gasteiger partial charge in [0, 0.05) is 18.0 Å². The molecule has 0 amide bonds. The van der Waals surface area contributed by atoms with Crippen LogP contribution in [0.15, 0.2) is 12.4 Å². The fraction of sp³-hybridized carbons (Fsp3) is 0.625. The number of hydrogen-bond acceptors (Lipinski definition) is 5. The second-order valence-corrected chi connectivity index (χ2v) is 6.77. The molecule has 3 atom stereocenters. The zero-order chi connectivity index (χ0) is 15.4. The van der Waals surface area contributed by atoms with Crippen molar-refractivity contribution in [1.29, 1.82) is 0 Å². The van der Waals surface area contributed by atoms with Gasteiger partial charge in [-0.25, -0.2) is 4.79 Å². The standard InChI is InChI=1S/C16H21NO4/c1-15(2)10-4-5-16(20,8-18)11-7-17-6-9(14(19)21-3)12(11)13(10)15/h6-7,10,13,18,20H,4-5,8H2,1-3H3/t10-,13-,16+/m1/s1. The first-order valence-electron chi connectivity index (χ1n) is 7.26. The van der Waals surface area contributed by atoms with Crippen LogP contribution in [0.3, 0.4) is 0 Å². The second kappa shape index (κ2) is 4.52. The number of carbonyl (C=O) groups excluding carboxylic acids is 1. The molecule has 1 aromatic heterocycles. The number of aliphatic hydroxyl groups is 2. The van der Waals surface area contributed by atoms with Crippen LogP contribution in [0, 0.1) is 11.3 Å². The van der Waals surface area contributed by atoms with E-state index in [0.717, 1.165) is 12.0 Å². The molecule has 114 valence electrons. The predicted molar refractivity (Wildman–Crippen MR) is 75.8 cm³/mol. The van der Waals surface area contributed by atoms with Crippen LogP contribution in [0.25, 0.3) is 0 Å². The summed E-state index contributed by atoms with van der Waals surface area (Å²) in [7, 11) is 1.34. The lowest BCUT2D eigenvalue weighted by atomic mass is 9.84. The predicted octanol–water partition coefficient (Wildman–Crippen LogP) is 1.58. The number of esters is 1. The Morgan fingerprint density at radius 2 is 2.19 bits per heavy atom. The van der Waals surface area contributed by atoms with E-state index in [1.165, 1.54) is 13.3 Å². The Morgan fingerprint density at radius 1 is 1.48 bits per heavy atom. The molecular formula is C16H21NO4. The summed E-state index contributed by atoms with van der Waals surface area (Å²) in [6, 6.07) is 0. The lowest BCUT2D eigenvalue weighted by Gasteiger charge is -2.28. The van der Waals surface area contributed by atoms with Gasteiger partial charge in [0.15, 0.2) is 0 Å². The molecule has 5 heteroatoms. The molecule has 0 aliphatic heterocycles. The van der Waals surface area contributed by atoms with Crippen molar-refractivity contribution in [2.24, 2.45) is 11.3 Å². The molecule has 1 heterocycles. The van der Waals surface area contributed by atoms with Crippen LogP contribution in [-0.2, 0) is 10.3 Å². The molecule has 1 aromatic rings. The number of pyridine rings is 1. The number of aromatic nitrogens is 1. The average Bonchev–Trinajstić information content (AvgIpc) is 3.07. The number of methoxy groups -OCH3 is 1. The number of carbonyl (C=O) groups is 1. The van der Waals surface area contributed by atoms with Crippen molar-refractivity contribution in [3.63, 3.8) is 0 Å². The molecule has 5 nitrogen and oxygen atoms in total. The van der Waals surface area contributed by atoms with Gasteiger partial charge in [-0.15, -0.1) is 0 Å². The van der Waals surface area contributed by atoms with Crippen molar-refractivity contribution in [2.75, 3.05) is 13.7 Å². The third-order valence-corrected chi connectivity index (χ3v) is 5.39. The minimum atomic E-state index is -1.32. The Hall–Kier alpha value is -1.46. The molecule has 0 bridgehead atoms. The van der Waals surface area contributed by atoms with Gasteiger partial charge in [-0.3, -0.25) is 4.98 Å². The fourth-order valence-corrected chi connectivity index (χ4v) is 4.00. The van der Waals surface area contributed by atoms with Gasteiger partial charge < -0.3 is 14.9 Å². The maximum Gasteiger partial charge on any atom is 0.339 e. The van der Waals surface area contributed by atoms with Crippen molar-refractivity contribution >= 4 is 5.97 Å². The second-order valence-electron chi connectivity index (χ2n) is 6.77. The SMILES string of the molecule is COC(=O)c1cncc2c1[C@H]1[C@@H](CC[C@]2(O)CO)C1(C)C. The van der Waals surface area contributed by atoms with E-state index in [1.807, 2.05) is 0 Å². The summed E-state index contributed by atoms with van der Waals surface area (Å²) < 4.78 is 4.86. The zero-order valence-corrected chi connectivity index (χ0v) is 12.6. The maximum absolute atomic E-state index is 12.1. The molecule has 0 radical (unpaired) electrons. The minimum Gasteiger partial charge on any atom is -0.465 e. The molecule has 3 rings (SSSR count). The summed E-state index contributed by atoms with van der Waals surface area (Å²) in [5.74, 6) is 0.163. The first kappa shape index (κ1) is 14.5. The third-order valence-electron chi connectivity index (χ3n) is 5.39. The van der Waals surface area contributed by atoms with E-state index in [9.17, 15) is 15.0 Å². The number of ether oxygens (including phenoxy) is 1. The molecule has 0 aromatic carbocycles. The number of hydrogen-bond donors (Lipinski definition) is 2. The van der Waals surface area contributed by atoms with Crippen molar-refractivity contribution in [3.05, 3.63) is 29.1 Å². The molecule has 2 N–H and O–H groups in total. The normalized spacial score (nSPS) is 32.6. The summed E-state index contributed by atoms with van der Waals surface area (Å²) >= 11 is 0. The first-order valence-corrected chi connectivity index (χ1v) is 7.26. The molecule has 0 spiro atoms. The number of nitrogens with zero attached hydrogens (tertiary/aromatic N) is 1. The topological polar surface area (TPSA) is 79.7 Å². The van der Waals surface area contributed by atoms with E-state index in [-0.39, 0.29) is 17.9 Å². The van der Waals surface area contributed by atoms with Gasteiger partial charge in [-0.1, -0.05) is 13.8 Å². The summed E-state index contributed by atoms with van der Waals surface area (Å²) in [4.78, 5) is 16.1. The van der Waals surface area contributed by atoms with E-state index < -0.39 is 11.6 Å². The monoisotopic (exact) mass is 291 g/mol. The number of rotatable bonds is 2. The van der Waals surface area contributed by atoms with Crippen molar-refractivity contribution in [3.8, 4) is 0 Å². The van der Waals surface area contributed by atoms with Gasteiger partial charge in [0.1, 0.15) is 5.60 Å². The van der Waals surface area contributed by atoms with Gasteiger partial charge in [0.25, 0.3) is 0 Å². The van der Waals surface area contributed by atoms with Crippen LogP contribution >= 0.6 is 0 Å². The Bertz CT molecular complexity index is 598. The molecule has 21 heavy (non-hydrogen) atoms. The largest absolute Gasteiger partial charge is 0.465 e. The smallest absolute Gasteiger partial charge is 0.339 e. The highest BCUT2D eigenvalue weighted by Crippen LogP contribution is 2.69. The van der Waals surface area contributed by atoms with Crippen LogP contribution < -0.4 is 0 Å². The van der Waals surface area contributed by atoms with E-state index in [2.05, 4.69) is 18.8 Å². The first-order chi connectivity index (χ1) is 9.86. The quantitative estimate of drug-likeness (QED) is 0.809. The van der Waals surface area contributed by atoms with Crippen LogP contribution in [-0.4, -0.2) is 34.9 Å². The number of aliphatic hydroxyl groups excluding tert-OH is 1. The van der Waals surface area contributed by atoms with E-state index in [0.29, 0.717) is 23.5 Å². The van der Waals surface area contributed by atoms with Crippen LogP contribution in [0.1, 0.15) is 54.1 Å². The molecule has 2 aliphatic rings. The Morgan fingerprint density at radius 3 is 2.81 bits per heavy atom. The summed E-state index contributed by atoms with van der Waals surface area (Å²) in [6.45, 7) is 3.99. The van der Waals surface area contributed by atoms with E-state index >= 15 is 0 Å². The van der Waals surface area contributed by atoms with Gasteiger partial charge in [0.05, 0.1) is 19.3 Å². The van der Waals surface area contributed by atoms with Crippen molar-refractivity contribution in [1.82, 2.24) is 4.98 Å². The average molecular weight is 291 g/mol. The molecule has 1 fully saturated rings. The van der Waals surface area contributed by atoms with Gasteiger partial charge in [-0.05, 0) is 35.7 Å². The maximum atomic E-state index is 12.1. The summed E-state index contributed by atoms with van der Waals surface area (Å²) in [5.41, 5.74) is 0.558. The molecule has 0 unspecified atom stereocenters. The highest BCUT2D eigenvalue weighted by atomic mass is 16.5. The summed E-state index contributed by atoms with van der Waals surface area (Å²) in [5, 5.41) is 20.4. The van der Waals surface area contributed by atoms with Gasteiger partial charge in [-0.2, -0.15) is 0 Å². The molecule has 0 saturated heterocycles. The lowest BCUT2D eigenvalue weighted by molar-refractivity contribution is -0.0289. The summed E-state index contributed by atoms with van der Waals surface area (Å²) in [6.07, 6.45) is 4.38. The number of fused-ring (bicyclic) bond motifs is 3. The molecular weight excluding hydrogens is 270 g/mol. The lowest BCUT2D eigenvalue weighted by Crippen LogP contribution is -2.32. The molecule has 1 saturated carbocycles. The minimum absolute atomic E-state index is 0.0929. The third kappa shape index (κ3) is 1.91. The van der Waals surface area contributed by atoms with Crippen molar-refractivity contribution in [2.45, 2.75) is 38.2 Å². The highest BCUT2D eigenvalue weighted by molar-refractivity contribution is 5.91. The highest BCUT2D eigenvalue weighted by Gasteiger charge is 2.62. The van der Waals surface area contributed by atoms with E-state index in [1.54, 1.807) is 6.20 Å². The van der Waals surface area contributed by atoms with Crippen molar-refractivity contribution < 1.29 is 19.7 Å². The van der Waals surface area contributed by atoms with Crippen LogP contribution in [0.5, 0.6) is 0 Å². The Balaban J connectivity index is 2.23. The van der Waals surface area contributed by atoms with Crippen LogP contribution in [0.2, 0.25) is 0 Å². The fourth-order valence-electron chi connectivity index (χ4n) is 4.00. The Kier molecular flexibility index (Phi) is 3.11. The Labute approximate surface area is 124 Å². The van der Waals surface area contributed by atoms with Crippen LogP contribution in [0.4, 0.5) is 0 Å². The van der Waals surface area contributed by atoms with Gasteiger partial charge in [0.2, 0.25) is 0 Å². The van der Waals surface area contributed by atoms with E-state index in [4.69, 9.17) is 4.74 Å². The van der Waals surface area contributed by atoms with Gasteiger partial charge >= 0.3 is 5.97 Å². The molecule has 2 aliphatic carbocycles.